The second-order valence-corrected chi connectivity index (χ2v) is 7.92. The summed E-state index contributed by atoms with van der Waals surface area (Å²) in [5.41, 5.74) is 4.29. The summed E-state index contributed by atoms with van der Waals surface area (Å²) in [6.45, 7) is 9.63. The highest BCUT2D eigenvalue weighted by atomic mass is 15.2. The Bertz CT molecular complexity index is 660. The minimum Gasteiger partial charge on any atom is -0.371 e. The van der Waals surface area contributed by atoms with Gasteiger partial charge in [0.1, 0.15) is 0 Å². The molecule has 4 rings (SSSR count). The van der Waals surface area contributed by atoms with Gasteiger partial charge in [-0.2, -0.15) is 0 Å². The van der Waals surface area contributed by atoms with Gasteiger partial charge in [0.2, 0.25) is 0 Å². The first-order chi connectivity index (χ1) is 10.5. The Labute approximate surface area is 133 Å². The molecule has 2 atom stereocenters. The van der Waals surface area contributed by atoms with Crippen LogP contribution in [0.15, 0.2) is 48.8 Å². The van der Waals surface area contributed by atoms with Crippen LogP contribution in [0.4, 0.5) is 5.69 Å². The lowest BCUT2D eigenvalue weighted by Crippen LogP contribution is -2.27. The van der Waals surface area contributed by atoms with Gasteiger partial charge in [-0.15, -0.1) is 0 Å². The van der Waals surface area contributed by atoms with Crippen LogP contribution in [0.1, 0.15) is 20.8 Å². The molecular formula is C20H24N2. The van der Waals surface area contributed by atoms with E-state index in [9.17, 15) is 0 Å². The number of nitrogens with zero attached hydrogens (tertiary/aromatic N) is 2. The normalized spacial score (nSPS) is 26.9. The van der Waals surface area contributed by atoms with E-state index in [-0.39, 0.29) is 0 Å². The van der Waals surface area contributed by atoms with Gasteiger partial charge in [-0.05, 0) is 46.9 Å². The highest BCUT2D eigenvalue weighted by molar-refractivity contribution is 5.68. The summed E-state index contributed by atoms with van der Waals surface area (Å²) in [5.74, 6) is 2.73. The third-order valence-corrected chi connectivity index (χ3v) is 5.40. The zero-order valence-electron chi connectivity index (χ0n) is 13.7. The van der Waals surface area contributed by atoms with Gasteiger partial charge in [-0.1, -0.05) is 39.0 Å². The van der Waals surface area contributed by atoms with Crippen molar-refractivity contribution in [2.75, 3.05) is 18.0 Å². The van der Waals surface area contributed by atoms with Gasteiger partial charge >= 0.3 is 0 Å². The molecule has 2 unspecified atom stereocenters. The second kappa shape index (κ2) is 4.84. The van der Waals surface area contributed by atoms with Crippen LogP contribution in [0.3, 0.4) is 0 Å². The van der Waals surface area contributed by atoms with Crippen LogP contribution in [-0.4, -0.2) is 18.1 Å². The monoisotopic (exact) mass is 292 g/mol. The number of hydrogen-bond acceptors (Lipinski definition) is 2. The molecule has 2 aromatic rings. The maximum Gasteiger partial charge on any atom is 0.0372 e. The van der Waals surface area contributed by atoms with Crippen molar-refractivity contribution in [1.82, 2.24) is 4.98 Å². The van der Waals surface area contributed by atoms with Crippen LogP contribution in [0, 0.1) is 23.2 Å². The van der Waals surface area contributed by atoms with Crippen molar-refractivity contribution in [2.24, 2.45) is 23.2 Å². The van der Waals surface area contributed by atoms with E-state index in [0.29, 0.717) is 5.41 Å². The number of aromatic nitrogens is 1. The molecule has 1 aliphatic heterocycles. The molecule has 0 N–H and O–H groups in total. The van der Waals surface area contributed by atoms with Gasteiger partial charge in [0, 0.05) is 36.7 Å². The van der Waals surface area contributed by atoms with Crippen molar-refractivity contribution in [3.63, 3.8) is 0 Å². The predicted octanol–water partition coefficient (Wildman–Crippen LogP) is 4.48. The Kier molecular flexibility index (Phi) is 3.04. The molecule has 0 spiro atoms. The lowest BCUT2D eigenvalue weighted by atomic mass is 9.87. The number of rotatable bonds is 2. The Morgan fingerprint density at radius 1 is 1.00 bits per heavy atom. The third kappa shape index (κ3) is 2.31. The van der Waals surface area contributed by atoms with E-state index in [2.05, 4.69) is 61.0 Å². The molecule has 1 saturated heterocycles. The summed E-state index contributed by atoms with van der Waals surface area (Å²) < 4.78 is 0. The molecule has 1 aromatic carbocycles. The summed E-state index contributed by atoms with van der Waals surface area (Å²) in [5, 5.41) is 0. The summed E-state index contributed by atoms with van der Waals surface area (Å²) in [4.78, 5) is 6.80. The standard InChI is InChI=1S/C20H24N2/c1-20(2,3)19-17-12-22(13-18(17)19)16-8-4-6-14(10-16)15-7-5-9-21-11-15/h4-11,17-19H,12-13H2,1-3H3. The lowest BCUT2D eigenvalue weighted by Gasteiger charge is -2.27. The molecule has 1 aromatic heterocycles. The number of piperidine rings is 1. The number of hydrogen-bond donors (Lipinski definition) is 0. The molecule has 0 amide bonds. The first-order valence-corrected chi connectivity index (χ1v) is 8.29. The summed E-state index contributed by atoms with van der Waals surface area (Å²) in [6.07, 6.45) is 3.77. The predicted molar refractivity (Wildman–Crippen MR) is 91.8 cm³/mol. The Morgan fingerprint density at radius 3 is 2.36 bits per heavy atom. The lowest BCUT2D eigenvalue weighted by molar-refractivity contribution is 0.309. The topological polar surface area (TPSA) is 16.1 Å². The summed E-state index contributed by atoms with van der Waals surface area (Å²) in [6, 6.07) is 13.0. The Balaban J connectivity index is 1.52. The second-order valence-electron chi connectivity index (χ2n) is 7.92. The van der Waals surface area contributed by atoms with Gasteiger partial charge in [0.25, 0.3) is 0 Å². The molecule has 0 bridgehead atoms. The molecule has 1 saturated carbocycles. The molecule has 2 nitrogen and oxygen atoms in total. The minimum atomic E-state index is 0.471. The highest BCUT2D eigenvalue weighted by Crippen LogP contribution is 2.60. The van der Waals surface area contributed by atoms with Crippen molar-refractivity contribution >= 4 is 5.69 Å². The van der Waals surface area contributed by atoms with Crippen molar-refractivity contribution in [1.29, 1.82) is 0 Å². The molecule has 0 radical (unpaired) electrons. The van der Waals surface area contributed by atoms with Crippen molar-refractivity contribution in [2.45, 2.75) is 20.8 Å². The first-order valence-electron chi connectivity index (χ1n) is 8.29. The molecular weight excluding hydrogens is 268 g/mol. The highest BCUT2D eigenvalue weighted by Gasteiger charge is 2.59. The average Bonchev–Trinajstić information content (AvgIpc) is 3.06. The van der Waals surface area contributed by atoms with E-state index in [1.807, 2.05) is 18.5 Å². The molecule has 2 heterocycles. The molecule has 1 aliphatic carbocycles. The Morgan fingerprint density at radius 2 is 1.73 bits per heavy atom. The van der Waals surface area contributed by atoms with Crippen LogP contribution >= 0.6 is 0 Å². The van der Waals surface area contributed by atoms with E-state index >= 15 is 0 Å². The van der Waals surface area contributed by atoms with Crippen LogP contribution in [-0.2, 0) is 0 Å². The Hall–Kier alpha value is -1.83. The summed E-state index contributed by atoms with van der Waals surface area (Å²) in [7, 11) is 0. The van der Waals surface area contributed by atoms with Gasteiger partial charge < -0.3 is 4.90 Å². The minimum absolute atomic E-state index is 0.471. The fourth-order valence-electron chi connectivity index (χ4n) is 4.44. The molecule has 2 fully saturated rings. The molecule has 114 valence electrons. The van der Waals surface area contributed by atoms with Crippen molar-refractivity contribution in [3.8, 4) is 11.1 Å². The SMILES string of the molecule is CC(C)(C)C1C2CN(c3cccc(-c4cccnc4)c3)CC21. The van der Waals surface area contributed by atoms with E-state index in [1.54, 1.807) is 0 Å². The fraction of sp³-hybridized carbons (Fsp3) is 0.450. The number of benzene rings is 1. The fourth-order valence-corrected chi connectivity index (χ4v) is 4.44. The number of pyridine rings is 1. The zero-order chi connectivity index (χ0) is 15.3. The van der Waals surface area contributed by atoms with Crippen LogP contribution in [0.5, 0.6) is 0 Å². The van der Waals surface area contributed by atoms with Crippen LogP contribution < -0.4 is 4.90 Å². The third-order valence-electron chi connectivity index (χ3n) is 5.40. The van der Waals surface area contributed by atoms with Gasteiger partial charge in [-0.25, -0.2) is 0 Å². The quantitative estimate of drug-likeness (QED) is 0.811. The number of fused-ring (bicyclic) bond motifs is 1. The summed E-state index contributed by atoms with van der Waals surface area (Å²) >= 11 is 0. The van der Waals surface area contributed by atoms with E-state index in [4.69, 9.17) is 0 Å². The van der Waals surface area contributed by atoms with Crippen molar-refractivity contribution < 1.29 is 0 Å². The largest absolute Gasteiger partial charge is 0.371 e. The maximum absolute atomic E-state index is 4.23. The maximum atomic E-state index is 4.23. The van der Waals surface area contributed by atoms with Crippen LogP contribution in [0.25, 0.3) is 11.1 Å². The average molecular weight is 292 g/mol. The molecule has 22 heavy (non-hydrogen) atoms. The first kappa shape index (κ1) is 13.8. The van der Waals surface area contributed by atoms with Gasteiger partial charge in [0.15, 0.2) is 0 Å². The van der Waals surface area contributed by atoms with E-state index in [1.165, 1.54) is 29.9 Å². The van der Waals surface area contributed by atoms with Gasteiger partial charge in [-0.3, -0.25) is 4.98 Å². The van der Waals surface area contributed by atoms with Crippen molar-refractivity contribution in [3.05, 3.63) is 48.8 Å². The van der Waals surface area contributed by atoms with E-state index < -0.39 is 0 Å². The zero-order valence-corrected chi connectivity index (χ0v) is 13.7. The smallest absolute Gasteiger partial charge is 0.0372 e. The molecule has 2 aliphatic rings. The van der Waals surface area contributed by atoms with Crippen LogP contribution in [0.2, 0.25) is 0 Å². The van der Waals surface area contributed by atoms with Gasteiger partial charge in [0.05, 0.1) is 0 Å². The molecule has 2 heteroatoms. The number of anilines is 1. The van der Waals surface area contributed by atoms with E-state index in [0.717, 1.165) is 17.8 Å².